The van der Waals surface area contributed by atoms with Gasteiger partial charge in [0.05, 0.1) is 39.7 Å². The summed E-state index contributed by atoms with van der Waals surface area (Å²) in [6, 6.07) is 8.63. The maximum Gasteiger partial charge on any atom is 0.237 e. The number of amides is 1. The highest BCUT2D eigenvalue weighted by molar-refractivity contribution is 7.90. The number of sulfone groups is 1. The highest BCUT2D eigenvalue weighted by Gasteiger charge is 2.43. The van der Waals surface area contributed by atoms with Crippen LogP contribution in [0.4, 0.5) is 5.69 Å². The summed E-state index contributed by atoms with van der Waals surface area (Å²) in [5.74, 6) is 1.08. The Balaban J connectivity index is 0.00000256. The molecule has 0 aliphatic carbocycles. The van der Waals surface area contributed by atoms with Gasteiger partial charge in [-0.05, 0) is 56.7 Å². The fourth-order valence-corrected chi connectivity index (χ4v) is 4.51. The molecule has 1 amide bonds. The minimum absolute atomic E-state index is 0. The number of halogens is 1. The molecule has 0 saturated carbocycles. The van der Waals surface area contributed by atoms with Crippen LogP contribution in [0.5, 0.6) is 5.75 Å². The van der Waals surface area contributed by atoms with E-state index < -0.39 is 15.3 Å². The summed E-state index contributed by atoms with van der Waals surface area (Å²) in [7, 11) is -1.85. The summed E-state index contributed by atoms with van der Waals surface area (Å²) in [4.78, 5) is 22.7. The van der Waals surface area contributed by atoms with Gasteiger partial charge in [0.1, 0.15) is 11.6 Å². The lowest BCUT2D eigenvalue weighted by Crippen LogP contribution is -2.35. The minimum Gasteiger partial charge on any atom is -0.496 e. The van der Waals surface area contributed by atoms with Crippen molar-refractivity contribution in [2.75, 3.05) is 24.8 Å². The second kappa shape index (κ2) is 7.28. The molecule has 9 heteroatoms. The first-order valence-corrected chi connectivity index (χ1v) is 11.2. The molecule has 30 heavy (non-hydrogen) atoms. The number of rotatable bonds is 4. The standard InChI is InChI=1S/C21H23N3O4S.ClH/c1-6-24-17-11-16-15(10-14(17)21(2,3)20(24)25)22-19(23-16)13-8-7-12(29(5,26)27)9-18(13)28-4;/h7-11H,6H2,1-5H3,(H,22,23);1H. The molecule has 0 saturated heterocycles. The Labute approximate surface area is 181 Å². The Hall–Kier alpha value is -2.58. The monoisotopic (exact) mass is 449 g/mol. The molecule has 4 rings (SSSR count). The number of fused-ring (bicyclic) bond motifs is 2. The van der Waals surface area contributed by atoms with E-state index in [0.717, 1.165) is 28.5 Å². The number of nitrogens with one attached hydrogen (secondary N) is 1. The molecular formula is C21H24ClN3O4S. The highest BCUT2D eigenvalue weighted by atomic mass is 35.5. The molecular weight excluding hydrogens is 426 g/mol. The van der Waals surface area contributed by atoms with Crippen LogP contribution >= 0.6 is 12.4 Å². The number of benzene rings is 2. The zero-order chi connectivity index (χ0) is 21.1. The van der Waals surface area contributed by atoms with Gasteiger partial charge < -0.3 is 14.6 Å². The Kier molecular flexibility index (Phi) is 5.37. The number of hydrogen-bond donors (Lipinski definition) is 1. The van der Waals surface area contributed by atoms with Gasteiger partial charge in [0.2, 0.25) is 5.91 Å². The third-order valence-corrected chi connectivity index (χ3v) is 6.63. The Morgan fingerprint density at radius 2 is 1.90 bits per heavy atom. The van der Waals surface area contributed by atoms with E-state index in [9.17, 15) is 13.2 Å². The number of methoxy groups -OCH3 is 1. The predicted octanol–water partition coefficient (Wildman–Crippen LogP) is 3.71. The summed E-state index contributed by atoms with van der Waals surface area (Å²) in [6.45, 7) is 6.41. The topological polar surface area (TPSA) is 92.4 Å². The van der Waals surface area contributed by atoms with Crippen molar-refractivity contribution >= 4 is 44.9 Å². The maximum atomic E-state index is 12.7. The van der Waals surface area contributed by atoms with Crippen molar-refractivity contribution < 1.29 is 17.9 Å². The summed E-state index contributed by atoms with van der Waals surface area (Å²) in [5, 5.41) is 0. The molecule has 7 nitrogen and oxygen atoms in total. The van der Waals surface area contributed by atoms with Gasteiger partial charge in [-0.25, -0.2) is 13.4 Å². The zero-order valence-corrected chi connectivity index (χ0v) is 19.1. The molecule has 0 bridgehead atoms. The van der Waals surface area contributed by atoms with Crippen molar-refractivity contribution in [1.29, 1.82) is 0 Å². The molecule has 2 heterocycles. The molecule has 0 atom stereocenters. The van der Waals surface area contributed by atoms with Gasteiger partial charge in [-0.15, -0.1) is 12.4 Å². The Bertz CT molecular complexity index is 1260. The fourth-order valence-electron chi connectivity index (χ4n) is 3.87. The molecule has 1 aliphatic heterocycles. The van der Waals surface area contributed by atoms with E-state index in [0.29, 0.717) is 23.7 Å². The van der Waals surface area contributed by atoms with Crippen molar-refractivity contribution in [1.82, 2.24) is 9.97 Å². The van der Waals surface area contributed by atoms with Gasteiger partial charge in [-0.2, -0.15) is 0 Å². The van der Waals surface area contributed by atoms with Crippen LogP contribution in [0.1, 0.15) is 26.3 Å². The van der Waals surface area contributed by atoms with Crippen molar-refractivity contribution in [2.45, 2.75) is 31.1 Å². The summed E-state index contributed by atoms with van der Waals surface area (Å²) < 4.78 is 29.1. The lowest BCUT2D eigenvalue weighted by atomic mass is 9.86. The predicted molar refractivity (Wildman–Crippen MR) is 119 cm³/mol. The molecule has 0 radical (unpaired) electrons. The number of nitrogens with zero attached hydrogens (tertiary/aromatic N) is 2. The van der Waals surface area contributed by atoms with Gasteiger partial charge in [0.25, 0.3) is 0 Å². The molecule has 1 aromatic heterocycles. The number of imidazole rings is 1. The zero-order valence-electron chi connectivity index (χ0n) is 17.4. The van der Waals surface area contributed by atoms with E-state index >= 15 is 0 Å². The minimum atomic E-state index is -3.34. The van der Waals surface area contributed by atoms with Crippen molar-refractivity contribution in [3.05, 3.63) is 35.9 Å². The number of carbonyl (C=O) groups is 1. The van der Waals surface area contributed by atoms with Gasteiger partial charge >= 0.3 is 0 Å². The van der Waals surface area contributed by atoms with Gasteiger partial charge in [-0.3, -0.25) is 4.79 Å². The van der Waals surface area contributed by atoms with Crippen molar-refractivity contribution in [3.63, 3.8) is 0 Å². The number of aromatic amines is 1. The number of carbonyl (C=O) groups excluding carboxylic acids is 1. The van der Waals surface area contributed by atoms with Gasteiger partial charge in [0, 0.05) is 12.8 Å². The fraction of sp³-hybridized carbons (Fsp3) is 0.333. The third kappa shape index (κ3) is 3.24. The summed E-state index contributed by atoms with van der Waals surface area (Å²) in [5.41, 5.74) is 3.46. The first kappa shape index (κ1) is 22.1. The molecule has 160 valence electrons. The van der Waals surface area contributed by atoms with Crippen LogP contribution in [-0.2, 0) is 20.0 Å². The number of H-pyrrole nitrogens is 1. The van der Waals surface area contributed by atoms with E-state index in [2.05, 4.69) is 9.97 Å². The van der Waals surface area contributed by atoms with E-state index in [1.54, 1.807) is 17.0 Å². The number of hydrogen-bond acceptors (Lipinski definition) is 5. The lowest BCUT2D eigenvalue weighted by molar-refractivity contribution is -0.122. The van der Waals surface area contributed by atoms with Crippen LogP contribution in [0, 0.1) is 0 Å². The number of ether oxygens (including phenoxy) is 1. The highest BCUT2D eigenvalue weighted by Crippen LogP contribution is 2.43. The van der Waals surface area contributed by atoms with E-state index in [1.165, 1.54) is 13.2 Å². The second-order valence-corrected chi connectivity index (χ2v) is 9.80. The average molecular weight is 450 g/mol. The number of aromatic nitrogens is 2. The molecule has 0 fully saturated rings. The normalized spacial score (nSPS) is 15.2. The molecule has 0 spiro atoms. The Morgan fingerprint density at radius 3 is 2.50 bits per heavy atom. The largest absolute Gasteiger partial charge is 0.496 e. The van der Waals surface area contributed by atoms with E-state index in [1.807, 2.05) is 32.9 Å². The number of likely N-dealkylation sites (N-methyl/N-ethyl adjacent to an activating group) is 1. The van der Waals surface area contributed by atoms with Crippen molar-refractivity contribution in [2.24, 2.45) is 0 Å². The van der Waals surface area contributed by atoms with Crippen LogP contribution in [0.3, 0.4) is 0 Å². The van der Waals surface area contributed by atoms with E-state index in [-0.39, 0.29) is 23.2 Å². The molecule has 2 aromatic carbocycles. The quantitative estimate of drug-likeness (QED) is 0.655. The summed E-state index contributed by atoms with van der Waals surface area (Å²) >= 11 is 0. The lowest BCUT2D eigenvalue weighted by Gasteiger charge is -2.18. The van der Waals surface area contributed by atoms with Crippen LogP contribution < -0.4 is 9.64 Å². The first-order chi connectivity index (χ1) is 13.6. The molecule has 3 aromatic rings. The SMILES string of the molecule is CCN1C(=O)C(C)(C)c2cc3[nH]c(-c4ccc(S(C)(=O)=O)cc4OC)nc3cc21.Cl. The first-order valence-electron chi connectivity index (χ1n) is 9.32. The maximum absolute atomic E-state index is 12.7. The molecule has 1 aliphatic rings. The van der Waals surface area contributed by atoms with Gasteiger partial charge in [-0.1, -0.05) is 0 Å². The van der Waals surface area contributed by atoms with Crippen LogP contribution in [0.2, 0.25) is 0 Å². The smallest absolute Gasteiger partial charge is 0.237 e. The third-order valence-electron chi connectivity index (χ3n) is 5.52. The van der Waals surface area contributed by atoms with Crippen LogP contribution in [-0.4, -0.2) is 44.2 Å². The number of anilines is 1. The van der Waals surface area contributed by atoms with Crippen molar-refractivity contribution in [3.8, 4) is 17.1 Å². The summed E-state index contributed by atoms with van der Waals surface area (Å²) in [6.07, 6.45) is 1.16. The van der Waals surface area contributed by atoms with E-state index in [4.69, 9.17) is 4.74 Å². The van der Waals surface area contributed by atoms with Crippen LogP contribution in [0.25, 0.3) is 22.4 Å². The van der Waals surface area contributed by atoms with Crippen LogP contribution in [0.15, 0.2) is 35.2 Å². The Morgan fingerprint density at radius 1 is 1.20 bits per heavy atom. The van der Waals surface area contributed by atoms with Gasteiger partial charge in [0.15, 0.2) is 9.84 Å². The molecule has 0 unspecified atom stereocenters. The molecule has 1 N–H and O–H groups in total. The average Bonchev–Trinajstić information content (AvgIpc) is 3.16. The second-order valence-electron chi connectivity index (χ2n) is 7.78.